The van der Waals surface area contributed by atoms with Crippen molar-refractivity contribution >= 4 is 29.2 Å². The molecule has 1 aromatic rings. The highest BCUT2D eigenvalue weighted by atomic mass is 32.1. The van der Waals surface area contributed by atoms with E-state index in [0.29, 0.717) is 5.01 Å². The van der Waals surface area contributed by atoms with Crippen LogP contribution in [0, 0.1) is 6.92 Å². The lowest BCUT2D eigenvalue weighted by Crippen LogP contribution is -2.48. The number of urea groups is 1. The maximum atomic E-state index is 11.7. The molecule has 0 aliphatic rings. The molecule has 0 spiro atoms. The first-order chi connectivity index (χ1) is 9.29. The summed E-state index contributed by atoms with van der Waals surface area (Å²) >= 11 is 1.43. The Morgan fingerprint density at radius 1 is 1.45 bits per heavy atom. The number of nitrogens with one attached hydrogen (secondary N) is 2. The molecule has 110 valence electrons. The van der Waals surface area contributed by atoms with Gasteiger partial charge in [-0.2, -0.15) is 0 Å². The van der Waals surface area contributed by atoms with Gasteiger partial charge >= 0.3 is 12.0 Å². The minimum Gasteiger partial charge on any atom is -0.480 e. The van der Waals surface area contributed by atoms with Crippen LogP contribution in [0.1, 0.15) is 29.3 Å². The summed E-state index contributed by atoms with van der Waals surface area (Å²) in [6.07, 6.45) is 1.22. The predicted octanol–water partition coefficient (Wildman–Crippen LogP) is 0.140. The third kappa shape index (κ3) is 4.84. The van der Waals surface area contributed by atoms with Crippen LogP contribution in [0.5, 0.6) is 0 Å². The van der Waals surface area contributed by atoms with E-state index in [2.05, 4.69) is 15.6 Å². The number of rotatable bonds is 6. The first-order valence-corrected chi connectivity index (χ1v) is 6.61. The van der Waals surface area contributed by atoms with Crippen LogP contribution in [-0.2, 0) is 9.59 Å². The lowest BCUT2D eigenvalue weighted by atomic mass is 10.2. The summed E-state index contributed by atoms with van der Waals surface area (Å²) in [5.41, 5.74) is 4.92. The molecule has 0 aromatic carbocycles. The number of primary amides is 1. The van der Waals surface area contributed by atoms with Gasteiger partial charge in [0, 0.05) is 11.1 Å². The average molecular weight is 300 g/mol. The molecule has 5 N–H and O–H groups in total. The third-order valence-corrected chi connectivity index (χ3v) is 3.46. The van der Waals surface area contributed by atoms with Gasteiger partial charge in [0.2, 0.25) is 5.91 Å². The van der Waals surface area contributed by atoms with E-state index in [1.54, 1.807) is 13.1 Å². The van der Waals surface area contributed by atoms with Crippen molar-refractivity contribution in [3.8, 4) is 0 Å². The fourth-order valence-corrected chi connectivity index (χ4v) is 2.21. The number of carbonyl (C=O) groups excluding carboxylic acids is 2. The molecule has 2 atom stereocenters. The minimum atomic E-state index is -1.35. The lowest BCUT2D eigenvalue weighted by Gasteiger charge is -2.16. The number of hydrogen-bond donors (Lipinski definition) is 4. The maximum Gasteiger partial charge on any atom is 0.326 e. The Morgan fingerprint density at radius 3 is 2.55 bits per heavy atom. The van der Waals surface area contributed by atoms with E-state index < -0.39 is 30.4 Å². The van der Waals surface area contributed by atoms with Gasteiger partial charge in [-0.3, -0.25) is 4.79 Å². The molecule has 0 saturated heterocycles. The fraction of sp³-hybridized carbons (Fsp3) is 0.455. The molecule has 0 aliphatic carbocycles. The normalized spacial score (nSPS) is 13.3. The molecule has 1 aromatic heterocycles. The second kappa shape index (κ2) is 6.85. The van der Waals surface area contributed by atoms with Gasteiger partial charge in [0.15, 0.2) is 0 Å². The molecular formula is C11H16N4O4S. The predicted molar refractivity (Wildman–Crippen MR) is 72.2 cm³/mol. The van der Waals surface area contributed by atoms with Crippen molar-refractivity contribution in [2.75, 3.05) is 0 Å². The standard InChI is InChI=1S/C11H16N4O4S/c1-5-4-13-9(20-5)6(2)14-11(19)15-7(10(17)18)3-8(12)16/h4,6-7H,3H2,1-2H3,(H2,12,16)(H,17,18)(H2,14,15,19). The van der Waals surface area contributed by atoms with Crippen molar-refractivity contribution in [3.05, 3.63) is 16.1 Å². The van der Waals surface area contributed by atoms with E-state index in [-0.39, 0.29) is 6.04 Å². The van der Waals surface area contributed by atoms with Crippen LogP contribution in [0.25, 0.3) is 0 Å². The molecule has 0 fully saturated rings. The molecular weight excluding hydrogens is 284 g/mol. The number of carboxylic acid groups (broad SMARTS) is 1. The number of nitrogens with two attached hydrogens (primary N) is 1. The van der Waals surface area contributed by atoms with Crippen molar-refractivity contribution in [3.63, 3.8) is 0 Å². The summed E-state index contributed by atoms with van der Waals surface area (Å²) in [7, 11) is 0. The minimum absolute atomic E-state index is 0.364. The van der Waals surface area contributed by atoms with E-state index in [1.807, 2.05) is 6.92 Å². The molecule has 1 heterocycles. The number of hydrogen-bond acceptors (Lipinski definition) is 5. The molecule has 8 nitrogen and oxygen atoms in total. The van der Waals surface area contributed by atoms with Crippen molar-refractivity contribution in [1.29, 1.82) is 0 Å². The van der Waals surface area contributed by atoms with Crippen LogP contribution in [0.3, 0.4) is 0 Å². The number of nitrogens with zero attached hydrogens (tertiary/aromatic N) is 1. The third-order valence-electron chi connectivity index (χ3n) is 2.37. The Labute approximate surface area is 119 Å². The highest BCUT2D eigenvalue weighted by molar-refractivity contribution is 7.11. The van der Waals surface area contributed by atoms with E-state index >= 15 is 0 Å². The van der Waals surface area contributed by atoms with E-state index in [9.17, 15) is 14.4 Å². The molecule has 20 heavy (non-hydrogen) atoms. The Hall–Kier alpha value is -2.16. The lowest BCUT2D eigenvalue weighted by molar-refractivity contribution is -0.140. The zero-order valence-corrected chi connectivity index (χ0v) is 11.9. The van der Waals surface area contributed by atoms with E-state index in [1.165, 1.54) is 11.3 Å². The topological polar surface area (TPSA) is 134 Å². The SMILES string of the molecule is Cc1cnc(C(C)NC(=O)NC(CC(N)=O)C(=O)O)s1. The van der Waals surface area contributed by atoms with Gasteiger partial charge in [0.1, 0.15) is 11.0 Å². The second-order valence-corrected chi connectivity index (χ2v) is 5.48. The summed E-state index contributed by atoms with van der Waals surface area (Å²) in [5.74, 6) is -2.13. The summed E-state index contributed by atoms with van der Waals surface area (Å²) in [6, 6.07) is -2.41. The van der Waals surface area contributed by atoms with Gasteiger partial charge in [-0.1, -0.05) is 0 Å². The highest BCUT2D eigenvalue weighted by Crippen LogP contribution is 2.18. The van der Waals surface area contributed by atoms with E-state index in [0.717, 1.165) is 4.88 Å². The van der Waals surface area contributed by atoms with Gasteiger partial charge < -0.3 is 21.5 Å². The van der Waals surface area contributed by atoms with Crippen molar-refractivity contribution in [2.24, 2.45) is 5.73 Å². The molecule has 3 amide bonds. The van der Waals surface area contributed by atoms with Gasteiger partial charge in [-0.05, 0) is 13.8 Å². The summed E-state index contributed by atoms with van der Waals surface area (Å²) in [5, 5.41) is 14.3. The average Bonchev–Trinajstić information content (AvgIpc) is 2.74. The van der Waals surface area contributed by atoms with E-state index in [4.69, 9.17) is 10.8 Å². The van der Waals surface area contributed by atoms with Crippen LogP contribution in [-0.4, -0.2) is 34.0 Å². The van der Waals surface area contributed by atoms with Crippen molar-refractivity contribution in [2.45, 2.75) is 32.4 Å². The fourth-order valence-electron chi connectivity index (χ4n) is 1.43. The largest absolute Gasteiger partial charge is 0.480 e. The Kier molecular flexibility index (Phi) is 5.44. The van der Waals surface area contributed by atoms with Crippen molar-refractivity contribution < 1.29 is 19.5 Å². The van der Waals surface area contributed by atoms with Crippen molar-refractivity contribution in [1.82, 2.24) is 15.6 Å². The van der Waals surface area contributed by atoms with Gasteiger partial charge in [0.05, 0.1) is 12.5 Å². The number of amides is 3. The Balaban J connectivity index is 2.57. The number of aliphatic carboxylic acids is 1. The quantitative estimate of drug-likeness (QED) is 0.592. The highest BCUT2D eigenvalue weighted by Gasteiger charge is 2.23. The monoisotopic (exact) mass is 300 g/mol. The Bertz CT molecular complexity index is 516. The summed E-state index contributed by atoms with van der Waals surface area (Å²) in [4.78, 5) is 38.4. The van der Waals surface area contributed by atoms with Crippen LogP contribution >= 0.6 is 11.3 Å². The van der Waals surface area contributed by atoms with Gasteiger partial charge in [-0.25, -0.2) is 14.6 Å². The zero-order chi connectivity index (χ0) is 15.3. The first kappa shape index (κ1) is 15.9. The van der Waals surface area contributed by atoms with Crippen LogP contribution in [0.4, 0.5) is 4.79 Å². The molecule has 0 radical (unpaired) electrons. The number of carbonyl (C=O) groups is 3. The number of aromatic nitrogens is 1. The smallest absolute Gasteiger partial charge is 0.326 e. The zero-order valence-electron chi connectivity index (χ0n) is 11.0. The molecule has 0 saturated carbocycles. The maximum absolute atomic E-state index is 11.7. The van der Waals surface area contributed by atoms with Gasteiger partial charge in [-0.15, -0.1) is 11.3 Å². The molecule has 0 bridgehead atoms. The number of thiazole rings is 1. The van der Waals surface area contributed by atoms with Crippen LogP contribution < -0.4 is 16.4 Å². The number of aryl methyl sites for hydroxylation is 1. The summed E-state index contributed by atoms with van der Waals surface area (Å²) < 4.78 is 0. The second-order valence-electron chi connectivity index (χ2n) is 4.21. The van der Waals surface area contributed by atoms with Crippen LogP contribution in [0.15, 0.2) is 6.20 Å². The molecule has 0 aliphatic heterocycles. The van der Waals surface area contributed by atoms with Gasteiger partial charge in [0.25, 0.3) is 0 Å². The molecule has 1 rings (SSSR count). The summed E-state index contributed by atoms with van der Waals surface area (Å²) in [6.45, 7) is 3.61. The first-order valence-electron chi connectivity index (χ1n) is 5.80. The number of carboxylic acids is 1. The molecule has 2 unspecified atom stereocenters. The Morgan fingerprint density at radius 2 is 2.10 bits per heavy atom. The molecule has 9 heteroatoms. The van der Waals surface area contributed by atoms with Crippen LogP contribution in [0.2, 0.25) is 0 Å².